The third-order valence-electron chi connectivity index (χ3n) is 5.30. The number of ether oxygens (including phenoxy) is 1. The van der Waals surface area contributed by atoms with E-state index in [2.05, 4.69) is 22.6 Å². The van der Waals surface area contributed by atoms with E-state index >= 15 is 0 Å². The van der Waals surface area contributed by atoms with E-state index in [1.165, 1.54) is 0 Å². The second-order valence-electron chi connectivity index (χ2n) is 7.59. The molecule has 1 aliphatic rings. The minimum absolute atomic E-state index is 0.0885. The van der Waals surface area contributed by atoms with Crippen LogP contribution in [0.5, 0.6) is 0 Å². The molecule has 0 amide bonds. The van der Waals surface area contributed by atoms with Crippen LogP contribution in [0.15, 0.2) is 18.2 Å². The molecule has 0 spiro atoms. The second kappa shape index (κ2) is 7.66. The van der Waals surface area contributed by atoms with E-state index in [4.69, 9.17) is 4.74 Å². The molecule has 148 valence electrons. The third kappa shape index (κ3) is 4.54. The largest absolute Gasteiger partial charge is 0.462 e. The standard InChI is InChI=1S/C17H21IN2O7/c1-16(2)13(17(3,22)5-4-14(16)18)9-27-15(21)10-6-11(19(23)24)8-12(7-10)20(25)26/h6-8,13-14,22H,4-5,9H2,1-3H3/t13-,14-,17-/m1/s1. The van der Waals surface area contributed by atoms with Gasteiger partial charge in [0.2, 0.25) is 0 Å². The first-order valence-corrected chi connectivity index (χ1v) is 9.58. The van der Waals surface area contributed by atoms with E-state index in [0.29, 0.717) is 6.42 Å². The second-order valence-corrected chi connectivity index (χ2v) is 9.09. The molecule has 9 nitrogen and oxygen atoms in total. The van der Waals surface area contributed by atoms with Crippen molar-refractivity contribution in [1.29, 1.82) is 0 Å². The van der Waals surface area contributed by atoms with Crippen molar-refractivity contribution >= 4 is 39.9 Å². The first-order valence-electron chi connectivity index (χ1n) is 8.33. The third-order valence-corrected chi connectivity index (χ3v) is 7.53. The summed E-state index contributed by atoms with van der Waals surface area (Å²) in [5, 5.41) is 32.6. The van der Waals surface area contributed by atoms with E-state index in [0.717, 1.165) is 24.6 Å². The molecule has 1 aromatic carbocycles. The molecule has 0 bridgehead atoms. The van der Waals surface area contributed by atoms with Gasteiger partial charge in [0.1, 0.15) is 0 Å². The maximum absolute atomic E-state index is 12.4. The maximum atomic E-state index is 12.4. The van der Waals surface area contributed by atoms with Crippen molar-refractivity contribution in [1.82, 2.24) is 0 Å². The first kappa shape index (κ1) is 21.5. The van der Waals surface area contributed by atoms with Crippen molar-refractivity contribution in [2.45, 2.75) is 43.1 Å². The predicted octanol–water partition coefficient (Wildman–Crippen LogP) is 3.65. The van der Waals surface area contributed by atoms with Gasteiger partial charge in [-0.3, -0.25) is 20.2 Å². The molecule has 10 heteroatoms. The van der Waals surface area contributed by atoms with Gasteiger partial charge < -0.3 is 9.84 Å². The molecule has 0 saturated heterocycles. The summed E-state index contributed by atoms with van der Waals surface area (Å²) < 4.78 is 5.59. The Balaban J connectivity index is 2.24. The predicted molar refractivity (Wildman–Crippen MR) is 105 cm³/mol. The van der Waals surface area contributed by atoms with Gasteiger partial charge in [-0.1, -0.05) is 36.4 Å². The van der Waals surface area contributed by atoms with Gasteiger partial charge in [-0.2, -0.15) is 0 Å². The van der Waals surface area contributed by atoms with E-state index in [1.54, 1.807) is 6.92 Å². The smallest absolute Gasteiger partial charge is 0.338 e. The van der Waals surface area contributed by atoms with Gasteiger partial charge in [0.15, 0.2) is 0 Å². The average molecular weight is 492 g/mol. The molecule has 1 N–H and O–H groups in total. The molecular formula is C17H21IN2O7. The Hall–Kier alpha value is -1.82. The van der Waals surface area contributed by atoms with Crippen LogP contribution in [0.25, 0.3) is 0 Å². The lowest BCUT2D eigenvalue weighted by molar-refractivity contribution is -0.394. The summed E-state index contributed by atoms with van der Waals surface area (Å²) in [5.74, 6) is -1.25. The lowest BCUT2D eigenvalue weighted by Crippen LogP contribution is -2.53. The maximum Gasteiger partial charge on any atom is 0.338 e. The number of benzene rings is 1. The van der Waals surface area contributed by atoms with E-state index in [9.17, 15) is 30.1 Å². The molecular weight excluding hydrogens is 471 g/mol. The van der Waals surface area contributed by atoms with Crippen molar-refractivity contribution in [2.24, 2.45) is 11.3 Å². The summed E-state index contributed by atoms with van der Waals surface area (Å²) in [6, 6.07) is 2.67. The normalized spacial score (nSPS) is 27.0. The summed E-state index contributed by atoms with van der Waals surface area (Å²) >= 11 is 2.32. The van der Waals surface area contributed by atoms with Gasteiger partial charge in [-0.15, -0.1) is 0 Å². The highest BCUT2D eigenvalue weighted by molar-refractivity contribution is 14.1. The van der Waals surface area contributed by atoms with Crippen molar-refractivity contribution in [3.05, 3.63) is 44.0 Å². The van der Waals surface area contributed by atoms with Crippen LogP contribution in [0.4, 0.5) is 11.4 Å². The molecule has 0 heterocycles. The number of carbonyl (C=O) groups is 1. The lowest BCUT2D eigenvalue weighted by Gasteiger charge is -2.50. The van der Waals surface area contributed by atoms with Gasteiger partial charge in [0.05, 0.1) is 33.7 Å². The molecule has 1 saturated carbocycles. The number of hydrogen-bond donors (Lipinski definition) is 1. The number of alkyl halides is 1. The Morgan fingerprint density at radius 3 is 2.22 bits per heavy atom. The Bertz CT molecular complexity index is 746. The number of esters is 1. The first-order chi connectivity index (χ1) is 12.4. The molecule has 27 heavy (non-hydrogen) atoms. The average Bonchev–Trinajstić information content (AvgIpc) is 2.57. The van der Waals surface area contributed by atoms with Gasteiger partial charge in [0, 0.05) is 22.0 Å². The van der Waals surface area contributed by atoms with Crippen LogP contribution in [-0.4, -0.2) is 37.1 Å². The van der Waals surface area contributed by atoms with E-state index < -0.39 is 32.8 Å². The zero-order chi connectivity index (χ0) is 20.6. The summed E-state index contributed by atoms with van der Waals surface area (Å²) in [4.78, 5) is 32.7. The highest BCUT2D eigenvalue weighted by Gasteiger charge is 2.50. The SMILES string of the molecule is CC1(C)[C@H](I)CC[C@@](C)(O)[C@@H]1COC(=O)c1cc([N+](=O)[O-])cc([N+](=O)[O-])c1. The molecule has 1 aromatic rings. The highest BCUT2D eigenvalue weighted by Crippen LogP contribution is 2.49. The van der Waals surface area contributed by atoms with Gasteiger partial charge >= 0.3 is 5.97 Å². The molecule has 0 aliphatic heterocycles. The van der Waals surface area contributed by atoms with Crippen molar-refractivity contribution in [3.63, 3.8) is 0 Å². The van der Waals surface area contributed by atoms with Crippen LogP contribution in [0.2, 0.25) is 0 Å². The Labute approximate surface area is 169 Å². The monoisotopic (exact) mass is 492 g/mol. The molecule has 0 unspecified atom stereocenters. The Morgan fingerprint density at radius 2 is 1.74 bits per heavy atom. The number of nitro benzene ring substituents is 2. The summed E-state index contributed by atoms with van der Waals surface area (Å²) in [5.41, 5.74) is -2.73. The zero-order valence-corrected chi connectivity index (χ0v) is 17.3. The van der Waals surface area contributed by atoms with Crippen LogP contribution in [-0.2, 0) is 4.74 Å². The number of halogens is 1. The van der Waals surface area contributed by atoms with Crippen LogP contribution < -0.4 is 0 Å². The number of non-ortho nitro benzene ring substituents is 2. The number of nitrogens with zero attached hydrogens (tertiary/aromatic N) is 2. The van der Waals surface area contributed by atoms with Crippen molar-refractivity contribution < 1.29 is 24.5 Å². The fraction of sp³-hybridized carbons (Fsp3) is 0.588. The fourth-order valence-electron chi connectivity index (χ4n) is 3.55. The van der Waals surface area contributed by atoms with Gasteiger partial charge in [0.25, 0.3) is 11.4 Å². The van der Waals surface area contributed by atoms with Crippen molar-refractivity contribution in [2.75, 3.05) is 6.61 Å². The van der Waals surface area contributed by atoms with E-state index in [1.807, 2.05) is 13.8 Å². The zero-order valence-electron chi connectivity index (χ0n) is 15.2. The number of carbonyl (C=O) groups excluding carboxylic acids is 1. The van der Waals surface area contributed by atoms with Crippen LogP contribution >= 0.6 is 22.6 Å². The number of rotatable bonds is 5. The number of hydrogen-bond acceptors (Lipinski definition) is 7. The summed E-state index contributed by atoms with van der Waals surface area (Å²) in [7, 11) is 0. The van der Waals surface area contributed by atoms with Gasteiger partial charge in [-0.25, -0.2) is 4.79 Å². The minimum atomic E-state index is -1.03. The van der Waals surface area contributed by atoms with Crippen LogP contribution in [0.3, 0.4) is 0 Å². The number of aliphatic hydroxyl groups is 1. The molecule has 1 aliphatic carbocycles. The molecule has 0 aromatic heterocycles. The molecule has 3 atom stereocenters. The van der Waals surface area contributed by atoms with Crippen LogP contribution in [0, 0.1) is 31.6 Å². The topological polar surface area (TPSA) is 133 Å². The minimum Gasteiger partial charge on any atom is -0.462 e. The summed E-state index contributed by atoms with van der Waals surface area (Å²) in [6.45, 7) is 5.60. The highest BCUT2D eigenvalue weighted by atomic mass is 127. The Morgan fingerprint density at radius 1 is 1.22 bits per heavy atom. The summed E-state index contributed by atoms with van der Waals surface area (Å²) in [6.07, 6.45) is 1.40. The molecule has 1 fully saturated rings. The van der Waals surface area contributed by atoms with Crippen LogP contribution in [0.1, 0.15) is 44.0 Å². The quantitative estimate of drug-likeness (QED) is 0.218. The molecule has 0 radical (unpaired) electrons. The fourth-order valence-corrected chi connectivity index (χ4v) is 4.29. The van der Waals surface area contributed by atoms with E-state index in [-0.39, 0.29) is 27.4 Å². The lowest BCUT2D eigenvalue weighted by atomic mass is 9.62. The Kier molecular flexibility index (Phi) is 6.10. The van der Waals surface area contributed by atoms with Gasteiger partial charge in [-0.05, 0) is 25.2 Å². The number of nitro groups is 2. The van der Waals surface area contributed by atoms with Crippen molar-refractivity contribution in [3.8, 4) is 0 Å². The molecule has 2 rings (SSSR count).